The van der Waals surface area contributed by atoms with Crippen molar-refractivity contribution in [3.63, 3.8) is 0 Å². The second-order valence-electron chi connectivity index (χ2n) is 4.18. The predicted molar refractivity (Wildman–Crippen MR) is 71.5 cm³/mol. The van der Waals surface area contributed by atoms with Crippen LogP contribution >= 0.6 is 0 Å². The number of carbonyl (C=O) groups excluding carboxylic acids is 2. The van der Waals surface area contributed by atoms with Crippen LogP contribution in [0.5, 0.6) is 0 Å². The Hall–Kier alpha value is -2.42. The molecule has 0 fully saturated rings. The summed E-state index contributed by atoms with van der Waals surface area (Å²) < 4.78 is 5.16. The average molecular weight is 253 g/mol. The minimum Gasteiger partial charge on any atom is -0.445 e. The monoisotopic (exact) mass is 253 g/mol. The number of ether oxygens (including phenoxy) is 1. The van der Waals surface area contributed by atoms with Gasteiger partial charge in [0.15, 0.2) is 6.10 Å². The summed E-state index contributed by atoms with van der Waals surface area (Å²) in [5, 5.41) is 0. The van der Waals surface area contributed by atoms with Crippen molar-refractivity contribution in [2.45, 2.75) is 13.0 Å². The molecular weight excluding hydrogens is 240 g/mol. The van der Waals surface area contributed by atoms with Crippen molar-refractivity contribution in [2.75, 3.05) is 0 Å². The third kappa shape index (κ3) is 3.28. The van der Waals surface area contributed by atoms with Gasteiger partial charge in [0.25, 0.3) is 0 Å². The first-order valence-electron chi connectivity index (χ1n) is 5.91. The van der Waals surface area contributed by atoms with E-state index in [0.717, 1.165) is 5.56 Å². The summed E-state index contributed by atoms with van der Waals surface area (Å²) in [5.74, 6) is -0.532. The van der Waals surface area contributed by atoms with E-state index in [9.17, 15) is 9.59 Å². The fraction of sp³-hybridized carbons (Fsp3) is 0.125. The molecule has 0 aromatic heterocycles. The quantitative estimate of drug-likeness (QED) is 0.787. The molecule has 1 atom stereocenters. The summed E-state index contributed by atoms with van der Waals surface area (Å²) in [4.78, 5) is 22.9. The highest BCUT2D eigenvalue weighted by Crippen LogP contribution is 2.18. The Bertz CT molecular complexity index is 576. The lowest BCUT2D eigenvalue weighted by atomic mass is 10.1. The van der Waals surface area contributed by atoms with Crippen LogP contribution in [-0.4, -0.2) is 12.3 Å². The molecule has 2 aromatic carbocycles. The van der Waals surface area contributed by atoms with Crippen LogP contribution < -0.4 is 0 Å². The predicted octanol–water partition coefficient (Wildman–Crippen LogP) is 3.00. The van der Waals surface area contributed by atoms with Crippen LogP contribution in [-0.2, 0) is 9.53 Å². The van der Waals surface area contributed by atoms with Crippen LogP contribution in [0.3, 0.4) is 0 Å². The third-order valence-electron chi connectivity index (χ3n) is 2.69. The lowest BCUT2D eigenvalue weighted by Gasteiger charge is -2.12. The van der Waals surface area contributed by atoms with Gasteiger partial charge < -0.3 is 4.74 Å². The van der Waals surface area contributed by atoms with Gasteiger partial charge >= 0.3 is 5.97 Å². The van der Waals surface area contributed by atoms with E-state index in [1.807, 2.05) is 19.1 Å². The van der Waals surface area contributed by atoms with E-state index in [2.05, 4.69) is 0 Å². The first-order chi connectivity index (χ1) is 9.20. The highest BCUT2D eigenvalue weighted by molar-refractivity contribution is 5.90. The Balaban J connectivity index is 2.16. The average Bonchev–Trinajstić information content (AvgIpc) is 2.45. The van der Waals surface area contributed by atoms with E-state index in [1.165, 1.54) is 0 Å². The van der Waals surface area contributed by atoms with Gasteiger partial charge in [0.2, 0.25) is 6.29 Å². The second kappa shape index (κ2) is 5.96. The normalized spacial score (nSPS) is 11.6. The highest BCUT2D eigenvalue weighted by atomic mass is 16.5. The van der Waals surface area contributed by atoms with E-state index in [1.54, 1.807) is 48.8 Å². The smallest absolute Gasteiger partial charge is 0.339 e. The van der Waals surface area contributed by atoms with Gasteiger partial charge in [-0.25, -0.2) is 4.79 Å². The summed E-state index contributed by atoms with van der Waals surface area (Å²) in [6.45, 7) is 1.91. The SMILES string of the molecule is Cc1cccc(C([C]=O)OC(=O)c2ccccc2)c1. The molecule has 0 saturated heterocycles. The number of aryl methyl sites for hydroxylation is 1. The lowest BCUT2D eigenvalue weighted by molar-refractivity contribution is 0.0419. The minimum atomic E-state index is -0.993. The van der Waals surface area contributed by atoms with Gasteiger partial charge in [-0.15, -0.1) is 0 Å². The number of benzene rings is 2. The molecule has 0 aliphatic rings. The van der Waals surface area contributed by atoms with Crippen LogP contribution in [0.2, 0.25) is 0 Å². The summed E-state index contributed by atoms with van der Waals surface area (Å²) in [5.41, 5.74) is 2.03. The maximum atomic E-state index is 11.9. The maximum Gasteiger partial charge on any atom is 0.339 e. The Kier molecular flexibility index (Phi) is 4.08. The molecule has 2 aromatic rings. The summed E-state index contributed by atoms with van der Waals surface area (Å²) >= 11 is 0. The molecule has 1 unspecified atom stereocenters. The summed E-state index contributed by atoms with van der Waals surface area (Å²) in [6, 6.07) is 15.8. The van der Waals surface area contributed by atoms with Gasteiger partial charge in [0.05, 0.1) is 5.56 Å². The van der Waals surface area contributed by atoms with Gasteiger partial charge in [0.1, 0.15) is 0 Å². The molecule has 0 heterocycles. The molecule has 2 rings (SSSR count). The topological polar surface area (TPSA) is 43.4 Å². The van der Waals surface area contributed by atoms with Crippen molar-refractivity contribution < 1.29 is 14.3 Å². The van der Waals surface area contributed by atoms with Gasteiger partial charge in [-0.3, -0.25) is 4.79 Å². The standard InChI is InChI=1S/C16H13O3/c1-12-6-5-9-14(10-12)15(11-17)19-16(18)13-7-3-2-4-8-13/h2-10,15H,1H3. The van der Waals surface area contributed by atoms with Crippen LogP contribution in [0, 0.1) is 6.92 Å². The van der Waals surface area contributed by atoms with Crippen LogP contribution in [0.4, 0.5) is 0 Å². The summed E-state index contributed by atoms with van der Waals surface area (Å²) in [6.07, 6.45) is 0.760. The molecule has 0 spiro atoms. The fourth-order valence-electron chi connectivity index (χ4n) is 1.74. The second-order valence-corrected chi connectivity index (χ2v) is 4.18. The molecule has 3 heteroatoms. The van der Waals surface area contributed by atoms with Crippen molar-refractivity contribution >= 4 is 12.3 Å². The van der Waals surface area contributed by atoms with Crippen molar-refractivity contribution in [3.8, 4) is 0 Å². The van der Waals surface area contributed by atoms with E-state index in [0.29, 0.717) is 11.1 Å². The zero-order valence-electron chi connectivity index (χ0n) is 10.5. The highest BCUT2D eigenvalue weighted by Gasteiger charge is 2.18. The molecule has 19 heavy (non-hydrogen) atoms. The number of hydrogen-bond donors (Lipinski definition) is 0. The number of esters is 1. The molecule has 0 bridgehead atoms. The third-order valence-corrected chi connectivity index (χ3v) is 2.69. The van der Waals surface area contributed by atoms with Crippen LogP contribution in [0.25, 0.3) is 0 Å². The van der Waals surface area contributed by atoms with Crippen LogP contribution in [0.1, 0.15) is 27.6 Å². The first-order valence-corrected chi connectivity index (χ1v) is 5.91. The molecule has 0 amide bonds. The molecule has 0 saturated carbocycles. The number of rotatable bonds is 4. The summed E-state index contributed by atoms with van der Waals surface area (Å²) in [7, 11) is 0. The van der Waals surface area contributed by atoms with E-state index < -0.39 is 12.1 Å². The molecule has 95 valence electrons. The maximum absolute atomic E-state index is 11.9. The molecular formula is C16H13O3. The van der Waals surface area contributed by atoms with Crippen molar-refractivity contribution in [1.82, 2.24) is 0 Å². The zero-order valence-corrected chi connectivity index (χ0v) is 10.5. The molecule has 3 nitrogen and oxygen atoms in total. The van der Waals surface area contributed by atoms with E-state index in [-0.39, 0.29) is 0 Å². The van der Waals surface area contributed by atoms with Crippen molar-refractivity contribution in [1.29, 1.82) is 0 Å². The Morgan fingerprint density at radius 1 is 1.11 bits per heavy atom. The van der Waals surface area contributed by atoms with Gasteiger partial charge in [-0.2, -0.15) is 0 Å². The Morgan fingerprint density at radius 2 is 1.84 bits per heavy atom. The van der Waals surface area contributed by atoms with Crippen molar-refractivity contribution in [3.05, 3.63) is 71.3 Å². The molecule has 0 N–H and O–H groups in total. The fourth-order valence-corrected chi connectivity index (χ4v) is 1.74. The van der Waals surface area contributed by atoms with Crippen molar-refractivity contribution in [2.24, 2.45) is 0 Å². The Morgan fingerprint density at radius 3 is 2.47 bits per heavy atom. The van der Waals surface area contributed by atoms with E-state index in [4.69, 9.17) is 4.74 Å². The van der Waals surface area contributed by atoms with Gasteiger partial charge in [-0.1, -0.05) is 48.0 Å². The largest absolute Gasteiger partial charge is 0.445 e. The minimum absolute atomic E-state index is 0.412. The lowest BCUT2D eigenvalue weighted by Crippen LogP contribution is -2.12. The Labute approximate surface area is 111 Å². The van der Waals surface area contributed by atoms with Crippen LogP contribution in [0.15, 0.2) is 54.6 Å². The number of hydrogen-bond acceptors (Lipinski definition) is 3. The van der Waals surface area contributed by atoms with E-state index >= 15 is 0 Å². The number of carbonyl (C=O) groups is 1. The molecule has 1 radical (unpaired) electrons. The zero-order chi connectivity index (χ0) is 13.7. The molecule has 0 aliphatic heterocycles. The first kappa shape index (κ1) is 13.0. The molecule has 0 aliphatic carbocycles. The van der Waals surface area contributed by atoms with Gasteiger partial charge in [0, 0.05) is 5.56 Å². The van der Waals surface area contributed by atoms with Gasteiger partial charge in [-0.05, 0) is 19.1 Å².